The maximum absolute atomic E-state index is 12.3. The van der Waals surface area contributed by atoms with Crippen LogP contribution in [0.5, 0.6) is 0 Å². The molecule has 0 spiro atoms. The van der Waals surface area contributed by atoms with Crippen molar-refractivity contribution in [3.05, 3.63) is 60.7 Å². The van der Waals surface area contributed by atoms with Crippen LogP contribution < -0.4 is 4.90 Å². The number of ether oxygens (including phenoxy) is 1. The van der Waals surface area contributed by atoms with Gasteiger partial charge in [-0.3, -0.25) is 9.69 Å². The Bertz CT molecular complexity index is 559. The molecule has 1 amide bonds. The zero-order chi connectivity index (χ0) is 15.1. The van der Waals surface area contributed by atoms with Gasteiger partial charge in [0.1, 0.15) is 13.2 Å². The molecule has 0 unspecified atom stereocenters. The zero-order valence-electron chi connectivity index (χ0n) is 11.3. The highest BCUT2D eigenvalue weighted by molar-refractivity contribution is 6.01. The Morgan fingerprint density at radius 1 is 0.857 bits per heavy atom. The second-order valence-electron chi connectivity index (χ2n) is 4.29. The van der Waals surface area contributed by atoms with Crippen molar-refractivity contribution in [2.24, 2.45) is 0 Å². The average Bonchev–Trinajstić information content (AvgIpc) is 2.49. The summed E-state index contributed by atoms with van der Waals surface area (Å²) in [6.45, 7) is -0.792. The lowest BCUT2D eigenvalue weighted by atomic mass is 10.2. The monoisotopic (exact) mass is 285 g/mol. The van der Waals surface area contributed by atoms with Gasteiger partial charge in [0.2, 0.25) is 0 Å². The van der Waals surface area contributed by atoms with Crippen molar-refractivity contribution in [1.82, 2.24) is 0 Å². The van der Waals surface area contributed by atoms with Crippen LogP contribution >= 0.6 is 0 Å². The van der Waals surface area contributed by atoms with Crippen molar-refractivity contribution in [2.75, 3.05) is 18.1 Å². The van der Waals surface area contributed by atoms with E-state index >= 15 is 0 Å². The molecule has 2 aromatic carbocycles. The van der Waals surface area contributed by atoms with Crippen LogP contribution in [-0.4, -0.2) is 30.2 Å². The molecule has 0 bridgehead atoms. The molecule has 2 rings (SSSR count). The van der Waals surface area contributed by atoms with E-state index in [9.17, 15) is 9.59 Å². The Hall–Kier alpha value is -2.66. The first-order chi connectivity index (χ1) is 10.2. The Balaban J connectivity index is 2.21. The van der Waals surface area contributed by atoms with E-state index in [1.807, 2.05) is 60.7 Å². The number of carboxylic acid groups (broad SMARTS) is 1. The average molecular weight is 285 g/mol. The van der Waals surface area contributed by atoms with Crippen LogP contribution in [0.1, 0.15) is 0 Å². The molecule has 5 nitrogen and oxygen atoms in total. The number of hydrogen-bond donors (Lipinski definition) is 1. The summed E-state index contributed by atoms with van der Waals surface area (Å²) in [7, 11) is 0. The van der Waals surface area contributed by atoms with Crippen molar-refractivity contribution in [2.45, 2.75) is 0 Å². The molecule has 0 fully saturated rings. The summed E-state index contributed by atoms with van der Waals surface area (Å²) in [5.74, 6) is -1.43. The highest BCUT2D eigenvalue weighted by Crippen LogP contribution is 2.24. The van der Waals surface area contributed by atoms with Crippen molar-refractivity contribution in [1.29, 1.82) is 0 Å². The first kappa shape index (κ1) is 14.7. The third-order valence-electron chi connectivity index (χ3n) is 2.73. The van der Waals surface area contributed by atoms with Crippen LogP contribution in [0.15, 0.2) is 60.7 Å². The van der Waals surface area contributed by atoms with Gasteiger partial charge < -0.3 is 9.84 Å². The van der Waals surface area contributed by atoms with Crippen molar-refractivity contribution in [3.63, 3.8) is 0 Å². The number of nitrogens with zero attached hydrogens (tertiary/aromatic N) is 1. The maximum atomic E-state index is 12.3. The zero-order valence-corrected chi connectivity index (χ0v) is 11.3. The molecule has 0 aromatic heterocycles. The third-order valence-corrected chi connectivity index (χ3v) is 2.73. The Kier molecular flexibility index (Phi) is 5.06. The van der Waals surface area contributed by atoms with Gasteiger partial charge in [-0.2, -0.15) is 0 Å². The van der Waals surface area contributed by atoms with E-state index < -0.39 is 12.6 Å². The van der Waals surface area contributed by atoms with Crippen LogP contribution in [-0.2, 0) is 14.3 Å². The van der Waals surface area contributed by atoms with Gasteiger partial charge >= 0.3 is 5.97 Å². The molecule has 0 saturated carbocycles. The largest absolute Gasteiger partial charge is 0.480 e. The van der Waals surface area contributed by atoms with Gasteiger partial charge in [-0.15, -0.1) is 0 Å². The van der Waals surface area contributed by atoms with Gasteiger partial charge in [0.05, 0.1) is 0 Å². The van der Waals surface area contributed by atoms with E-state index in [1.165, 1.54) is 4.90 Å². The van der Waals surface area contributed by atoms with Gasteiger partial charge in [0.25, 0.3) is 5.91 Å². The normalized spacial score (nSPS) is 10.1. The third kappa shape index (κ3) is 4.15. The number of rotatable bonds is 6. The summed E-state index contributed by atoms with van der Waals surface area (Å²) in [5, 5.41) is 8.55. The van der Waals surface area contributed by atoms with Crippen LogP contribution in [0.3, 0.4) is 0 Å². The van der Waals surface area contributed by atoms with Crippen molar-refractivity contribution < 1.29 is 19.4 Å². The number of carboxylic acids is 1. The number of amides is 1. The van der Waals surface area contributed by atoms with Gasteiger partial charge in [-0.05, 0) is 24.3 Å². The minimum atomic E-state index is -1.10. The molecule has 21 heavy (non-hydrogen) atoms. The number of para-hydroxylation sites is 2. The van der Waals surface area contributed by atoms with Gasteiger partial charge in [-0.1, -0.05) is 36.4 Å². The Morgan fingerprint density at radius 2 is 1.33 bits per heavy atom. The van der Waals surface area contributed by atoms with Gasteiger partial charge in [0.15, 0.2) is 0 Å². The highest BCUT2D eigenvalue weighted by atomic mass is 16.5. The number of carbonyl (C=O) groups excluding carboxylic acids is 1. The summed E-state index contributed by atoms with van der Waals surface area (Å²) in [5.41, 5.74) is 1.40. The molecule has 5 heteroatoms. The lowest BCUT2D eigenvalue weighted by Gasteiger charge is -2.22. The van der Waals surface area contributed by atoms with E-state index in [-0.39, 0.29) is 12.5 Å². The van der Waals surface area contributed by atoms with E-state index in [2.05, 4.69) is 0 Å². The lowest BCUT2D eigenvalue weighted by molar-refractivity contribution is -0.143. The summed E-state index contributed by atoms with van der Waals surface area (Å²) in [6.07, 6.45) is 0. The van der Waals surface area contributed by atoms with Crippen LogP contribution in [0.2, 0.25) is 0 Å². The van der Waals surface area contributed by atoms with E-state index in [1.54, 1.807) is 0 Å². The summed E-state index contributed by atoms with van der Waals surface area (Å²) >= 11 is 0. The summed E-state index contributed by atoms with van der Waals surface area (Å²) in [4.78, 5) is 24.3. The molecule has 0 saturated heterocycles. The molecule has 0 aliphatic carbocycles. The molecule has 0 aliphatic heterocycles. The molecule has 0 heterocycles. The van der Waals surface area contributed by atoms with Crippen LogP contribution in [0, 0.1) is 0 Å². The molecule has 108 valence electrons. The summed E-state index contributed by atoms with van der Waals surface area (Å²) < 4.78 is 4.89. The number of benzene rings is 2. The molecular formula is C16H15NO4. The number of anilines is 2. The van der Waals surface area contributed by atoms with E-state index in [4.69, 9.17) is 9.84 Å². The number of carbonyl (C=O) groups is 2. The predicted molar refractivity (Wildman–Crippen MR) is 78.5 cm³/mol. The standard InChI is InChI=1S/C16H15NO4/c18-15(11-21-12-16(19)20)17(13-7-3-1-4-8-13)14-9-5-2-6-10-14/h1-10H,11-12H2,(H,19,20). The number of aliphatic carboxylic acids is 1. The molecule has 0 radical (unpaired) electrons. The SMILES string of the molecule is O=C(O)COCC(=O)N(c1ccccc1)c1ccccc1. The van der Waals surface area contributed by atoms with Gasteiger partial charge in [0, 0.05) is 11.4 Å². The van der Waals surface area contributed by atoms with Gasteiger partial charge in [-0.25, -0.2) is 4.79 Å². The fourth-order valence-corrected chi connectivity index (χ4v) is 1.88. The lowest BCUT2D eigenvalue weighted by Crippen LogP contribution is -2.30. The second kappa shape index (κ2) is 7.21. The second-order valence-corrected chi connectivity index (χ2v) is 4.29. The quantitative estimate of drug-likeness (QED) is 0.885. The topological polar surface area (TPSA) is 66.8 Å². The molecule has 0 aliphatic rings. The van der Waals surface area contributed by atoms with E-state index in [0.29, 0.717) is 11.4 Å². The molecule has 1 N–H and O–H groups in total. The molecule has 2 aromatic rings. The van der Waals surface area contributed by atoms with Crippen LogP contribution in [0.25, 0.3) is 0 Å². The minimum absolute atomic E-state index is 0.296. The number of hydrogen-bond acceptors (Lipinski definition) is 3. The Morgan fingerprint density at radius 3 is 1.76 bits per heavy atom. The predicted octanol–water partition coefficient (Wildman–Crippen LogP) is 2.45. The highest BCUT2D eigenvalue weighted by Gasteiger charge is 2.18. The maximum Gasteiger partial charge on any atom is 0.329 e. The molecule has 0 atom stereocenters. The first-order valence-electron chi connectivity index (χ1n) is 6.41. The molecular weight excluding hydrogens is 270 g/mol. The minimum Gasteiger partial charge on any atom is -0.480 e. The van der Waals surface area contributed by atoms with Crippen LogP contribution in [0.4, 0.5) is 11.4 Å². The van der Waals surface area contributed by atoms with E-state index in [0.717, 1.165) is 0 Å². The Labute approximate surface area is 122 Å². The fraction of sp³-hybridized carbons (Fsp3) is 0.125. The van der Waals surface area contributed by atoms with Crippen molar-refractivity contribution >= 4 is 23.3 Å². The first-order valence-corrected chi connectivity index (χ1v) is 6.41. The summed E-state index contributed by atoms with van der Waals surface area (Å²) in [6, 6.07) is 18.3. The van der Waals surface area contributed by atoms with Crippen molar-refractivity contribution in [3.8, 4) is 0 Å². The fourth-order valence-electron chi connectivity index (χ4n) is 1.88. The smallest absolute Gasteiger partial charge is 0.329 e.